The smallest absolute Gasteiger partial charge is 0.266 e. The lowest BCUT2D eigenvalue weighted by Crippen LogP contribution is -2.13. The zero-order valence-electron chi connectivity index (χ0n) is 13.9. The van der Waals surface area contributed by atoms with Crippen LogP contribution in [-0.4, -0.2) is 18.1 Å². The molecule has 126 valence electrons. The van der Waals surface area contributed by atoms with Gasteiger partial charge < -0.3 is 10.6 Å². The topological polar surface area (TPSA) is 82.0 Å². The van der Waals surface area contributed by atoms with Crippen molar-refractivity contribution in [1.29, 1.82) is 5.26 Å². The van der Waals surface area contributed by atoms with E-state index in [9.17, 15) is 14.9 Å². The summed E-state index contributed by atoms with van der Waals surface area (Å²) in [5.74, 6) is -0.650. The summed E-state index contributed by atoms with van der Waals surface area (Å²) in [6.07, 6.45) is 3.53. The molecule has 25 heavy (non-hydrogen) atoms. The van der Waals surface area contributed by atoms with E-state index in [1.54, 1.807) is 42.1 Å². The molecule has 0 radical (unpaired) electrons. The molecule has 2 rings (SSSR count). The van der Waals surface area contributed by atoms with Crippen LogP contribution in [0.2, 0.25) is 0 Å². The van der Waals surface area contributed by atoms with Gasteiger partial charge in [-0.25, -0.2) is 0 Å². The van der Waals surface area contributed by atoms with E-state index in [4.69, 9.17) is 0 Å². The number of nitrogens with zero attached hydrogens (tertiary/aromatic N) is 1. The summed E-state index contributed by atoms with van der Waals surface area (Å²) in [6, 6.07) is 16.2. The molecule has 0 aliphatic rings. The van der Waals surface area contributed by atoms with Crippen molar-refractivity contribution in [2.75, 3.05) is 16.9 Å². The molecule has 0 aliphatic carbocycles. The van der Waals surface area contributed by atoms with Gasteiger partial charge >= 0.3 is 0 Å². The second kappa shape index (κ2) is 8.71. The summed E-state index contributed by atoms with van der Waals surface area (Å²) >= 11 is 1.62. The molecule has 0 heterocycles. The number of hydrogen-bond acceptors (Lipinski definition) is 4. The second-order valence-electron chi connectivity index (χ2n) is 5.16. The molecular weight excluding hydrogens is 334 g/mol. The van der Waals surface area contributed by atoms with Crippen molar-refractivity contribution in [2.24, 2.45) is 0 Å². The minimum Gasteiger partial charge on any atom is -0.326 e. The number of rotatable bonds is 5. The zero-order chi connectivity index (χ0) is 18.2. The summed E-state index contributed by atoms with van der Waals surface area (Å²) in [5, 5.41) is 14.6. The summed E-state index contributed by atoms with van der Waals surface area (Å²) < 4.78 is 0. The Morgan fingerprint density at radius 3 is 2.04 bits per heavy atom. The van der Waals surface area contributed by atoms with E-state index in [0.717, 1.165) is 10.5 Å². The molecule has 5 nitrogen and oxygen atoms in total. The second-order valence-corrected chi connectivity index (χ2v) is 6.04. The number of carbonyl (C=O) groups is 2. The van der Waals surface area contributed by atoms with E-state index in [0.29, 0.717) is 11.4 Å². The van der Waals surface area contributed by atoms with Gasteiger partial charge in [-0.1, -0.05) is 12.1 Å². The van der Waals surface area contributed by atoms with Gasteiger partial charge in [0.15, 0.2) is 0 Å². The molecule has 2 aromatic rings. The maximum absolute atomic E-state index is 12.3. The van der Waals surface area contributed by atoms with E-state index < -0.39 is 5.91 Å². The molecule has 0 unspecified atom stereocenters. The van der Waals surface area contributed by atoms with E-state index >= 15 is 0 Å². The minimum atomic E-state index is -0.483. The monoisotopic (exact) mass is 351 g/mol. The fourth-order valence-corrected chi connectivity index (χ4v) is 2.46. The molecule has 0 bridgehead atoms. The molecular formula is C19H17N3O2S. The molecule has 0 aliphatic heterocycles. The van der Waals surface area contributed by atoms with Crippen LogP contribution in [0, 0.1) is 11.3 Å². The zero-order valence-corrected chi connectivity index (χ0v) is 14.7. The molecule has 0 aromatic heterocycles. The Morgan fingerprint density at radius 2 is 1.56 bits per heavy atom. The number of benzene rings is 2. The summed E-state index contributed by atoms with van der Waals surface area (Å²) in [4.78, 5) is 24.4. The maximum Gasteiger partial charge on any atom is 0.266 e. The number of carbonyl (C=O) groups excluding carboxylic acids is 2. The van der Waals surface area contributed by atoms with Gasteiger partial charge in [0.1, 0.15) is 11.6 Å². The Balaban J connectivity index is 2.10. The fourth-order valence-electron chi connectivity index (χ4n) is 2.05. The van der Waals surface area contributed by atoms with Gasteiger partial charge in [-0.2, -0.15) is 5.26 Å². The third-order valence-electron chi connectivity index (χ3n) is 3.26. The van der Waals surface area contributed by atoms with Crippen LogP contribution in [0.25, 0.3) is 6.08 Å². The van der Waals surface area contributed by atoms with E-state index in [-0.39, 0.29) is 11.5 Å². The summed E-state index contributed by atoms with van der Waals surface area (Å²) in [7, 11) is 0. The number of hydrogen-bond donors (Lipinski definition) is 2. The Labute approximate surface area is 150 Å². The third-order valence-corrected chi connectivity index (χ3v) is 4.00. The fraction of sp³-hybridized carbons (Fsp3) is 0.105. The quantitative estimate of drug-likeness (QED) is 0.486. The van der Waals surface area contributed by atoms with Crippen molar-refractivity contribution < 1.29 is 9.59 Å². The lowest BCUT2D eigenvalue weighted by molar-refractivity contribution is -0.114. The maximum atomic E-state index is 12.3. The third kappa shape index (κ3) is 5.52. The molecule has 0 spiro atoms. The molecule has 0 saturated heterocycles. The summed E-state index contributed by atoms with van der Waals surface area (Å²) in [5.41, 5.74) is 1.97. The first-order valence-electron chi connectivity index (χ1n) is 7.46. The first kappa shape index (κ1) is 18.3. The molecule has 0 saturated carbocycles. The van der Waals surface area contributed by atoms with Crippen LogP contribution in [0.3, 0.4) is 0 Å². The molecule has 2 amide bonds. The van der Waals surface area contributed by atoms with Crippen LogP contribution in [0.15, 0.2) is 59.0 Å². The van der Waals surface area contributed by atoms with Crippen molar-refractivity contribution in [3.8, 4) is 6.07 Å². The van der Waals surface area contributed by atoms with E-state index in [2.05, 4.69) is 10.6 Å². The standard InChI is InChI=1S/C19H17N3O2S/c1-13(23)21-16-5-7-17(8-6-16)22-19(24)15(12-20)11-14-3-9-18(25-2)10-4-14/h3-11H,1-2H3,(H,21,23)(H,22,24). The van der Waals surface area contributed by atoms with Crippen LogP contribution in [0.5, 0.6) is 0 Å². The molecule has 0 atom stereocenters. The molecule has 6 heteroatoms. The predicted octanol–water partition coefficient (Wildman–Crippen LogP) is 3.91. The number of amides is 2. The number of thioether (sulfide) groups is 1. The van der Waals surface area contributed by atoms with Gasteiger partial charge in [0, 0.05) is 23.2 Å². The van der Waals surface area contributed by atoms with Crippen LogP contribution in [-0.2, 0) is 9.59 Å². The number of anilines is 2. The van der Waals surface area contributed by atoms with Gasteiger partial charge in [0.2, 0.25) is 5.91 Å². The number of nitriles is 1. The van der Waals surface area contributed by atoms with Crippen molar-refractivity contribution in [2.45, 2.75) is 11.8 Å². The Hall–Kier alpha value is -3.04. The Kier molecular flexibility index (Phi) is 6.38. The first-order chi connectivity index (χ1) is 12.0. The predicted molar refractivity (Wildman–Crippen MR) is 101 cm³/mol. The average Bonchev–Trinajstić information content (AvgIpc) is 2.61. The van der Waals surface area contributed by atoms with Crippen LogP contribution >= 0.6 is 11.8 Å². The van der Waals surface area contributed by atoms with Crippen molar-refractivity contribution >= 4 is 41.0 Å². The van der Waals surface area contributed by atoms with Gasteiger partial charge in [0.05, 0.1) is 0 Å². The van der Waals surface area contributed by atoms with Crippen molar-refractivity contribution in [3.63, 3.8) is 0 Å². The Morgan fingerprint density at radius 1 is 1.00 bits per heavy atom. The van der Waals surface area contributed by atoms with Crippen LogP contribution in [0.1, 0.15) is 12.5 Å². The molecule has 2 aromatic carbocycles. The molecule has 2 N–H and O–H groups in total. The lowest BCUT2D eigenvalue weighted by atomic mass is 10.1. The molecule has 0 fully saturated rings. The number of nitrogens with one attached hydrogen (secondary N) is 2. The first-order valence-corrected chi connectivity index (χ1v) is 8.69. The van der Waals surface area contributed by atoms with E-state index in [1.165, 1.54) is 6.92 Å². The summed E-state index contributed by atoms with van der Waals surface area (Å²) in [6.45, 7) is 1.42. The average molecular weight is 351 g/mol. The largest absolute Gasteiger partial charge is 0.326 e. The highest BCUT2D eigenvalue weighted by Gasteiger charge is 2.09. The van der Waals surface area contributed by atoms with Crippen molar-refractivity contribution in [1.82, 2.24) is 0 Å². The highest BCUT2D eigenvalue weighted by Crippen LogP contribution is 2.18. The van der Waals surface area contributed by atoms with Crippen LogP contribution < -0.4 is 10.6 Å². The van der Waals surface area contributed by atoms with Crippen LogP contribution in [0.4, 0.5) is 11.4 Å². The normalized spacial score (nSPS) is 10.7. The van der Waals surface area contributed by atoms with E-state index in [1.807, 2.05) is 36.6 Å². The minimum absolute atomic E-state index is 0.0165. The lowest BCUT2D eigenvalue weighted by Gasteiger charge is -2.06. The highest BCUT2D eigenvalue weighted by molar-refractivity contribution is 7.98. The highest BCUT2D eigenvalue weighted by atomic mass is 32.2. The van der Waals surface area contributed by atoms with Gasteiger partial charge in [-0.3, -0.25) is 9.59 Å². The van der Waals surface area contributed by atoms with Gasteiger partial charge in [-0.15, -0.1) is 11.8 Å². The van der Waals surface area contributed by atoms with Crippen molar-refractivity contribution in [3.05, 3.63) is 59.7 Å². The SMILES string of the molecule is CSc1ccc(C=C(C#N)C(=O)Nc2ccc(NC(C)=O)cc2)cc1. The van der Waals surface area contributed by atoms with Gasteiger partial charge in [-0.05, 0) is 54.3 Å². The van der Waals surface area contributed by atoms with Gasteiger partial charge in [0.25, 0.3) is 5.91 Å². The Bertz CT molecular complexity index is 834.